The molecule has 0 aliphatic carbocycles. The van der Waals surface area contributed by atoms with Crippen LogP contribution in [0.15, 0.2) is 103 Å². The first-order valence-electron chi connectivity index (χ1n) is 14.7. The number of ether oxygens (including phenoxy) is 3. The van der Waals surface area contributed by atoms with Gasteiger partial charge in [0.15, 0.2) is 6.61 Å². The molecule has 0 saturated heterocycles. The molecule has 1 heterocycles. The Balaban J connectivity index is 1.27. The van der Waals surface area contributed by atoms with Crippen LogP contribution in [0.2, 0.25) is 0 Å². The van der Waals surface area contributed by atoms with Crippen LogP contribution in [-0.2, 0) is 20.9 Å². The minimum Gasteiger partial charge on any atom is -0.489 e. The van der Waals surface area contributed by atoms with E-state index >= 15 is 0 Å². The Labute approximate surface area is 262 Å². The highest BCUT2D eigenvalue weighted by Crippen LogP contribution is 2.31. The van der Waals surface area contributed by atoms with Crippen molar-refractivity contribution in [3.63, 3.8) is 0 Å². The Bertz CT molecular complexity index is 1800. The minimum absolute atomic E-state index is 0.229. The number of esters is 2. The van der Waals surface area contributed by atoms with Crippen LogP contribution in [0.1, 0.15) is 45.7 Å². The van der Waals surface area contributed by atoms with Crippen LogP contribution < -0.4 is 10.1 Å². The van der Waals surface area contributed by atoms with Gasteiger partial charge in [0.1, 0.15) is 12.4 Å². The van der Waals surface area contributed by atoms with E-state index in [0.29, 0.717) is 57.9 Å². The summed E-state index contributed by atoms with van der Waals surface area (Å²) in [5.74, 6) is -0.628. The molecule has 0 atom stereocenters. The number of benzene rings is 4. The Morgan fingerprint density at radius 1 is 0.778 bits per heavy atom. The second-order valence-electron chi connectivity index (χ2n) is 11.0. The zero-order valence-electron chi connectivity index (χ0n) is 25.4. The lowest BCUT2D eigenvalue weighted by atomic mass is 9.97. The average Bonchev–Trinajstić information content (AvgIpc) is 3.06. The highest BCUT2D eigenvalue weighted by Gasteiger charge is 2.21. The quantitative estimate of drug-likeness (QED) is 0.157. The first-order chi connectivity index (χ1) is 21.8. The number of aromatic nitrogens is 1. The lowest BCUT2D eigenvalue weighted by Gasteiger charge is -2.15. The smallest absolute Gasteiger partial charge is 0.339 e. The van der Waals surface area contributed by atoms with Gasteiger partial charge in [-0.2, -0.15) is 0 Å². The Morgan fingerprint density at radius 2 is 1.47 bits per heavy atom. The number of pyridine rings is 1. The van der Waals surface area contributed by atoms with Crippen LogP contribution >= 0.6 is 0 Å². The first kappa shape index (κ1) is 30.9. The number of carbonyl (C=O) groups excluding carboxylic acids is 3. The monoisotopic (exact) mass is 602 g/mol. The van der Waals surface area contributed by atoms with Crippen molar-refractivity contribution in [2.75, 3.05) is 18.5 Å². The molecule has 0 aliphatic heterocycles. The zero-order chi connectivity index (χ0) is 31.8. The molecule has 45 heavy (non-hydrogen) atoms. The van der Waals surface area contributed by atoms with Gasteiger partial charge in [0.05, 0.1) is 28.9 Å². The van der Waals surface area contributed by atoms with Crippen LogP contribution in [0.25, 0.3) is 22.2 Å². The van der Waals surface area contributed by atoms with Crippen LogP contribution in [0.5, 0.6) is 5.75 Å². The summed E-state index contributed by atoms with van der Waals surface area (Å²) in [5, 5.41) is 3.32. The number of fused-ring (bicyclic) bond motifs is 1. The third-order valence-corrected chi connectivity index (χ3v) is 7.00. The molecule has 1 amide bonds. The van der Waals surface area contributed by atoms with Gasteiger partial charge in [-0.1, -0.05) is 62.4 Å². The number of hydrogen-bond donors (Lipinski definition) is 1. The summed E-state index contributed by atoms with van der Waals surface area (Å²) in [6.07, 6.45) is 0. The van der Waals surface area contributed by atoms with Crippen LogP contribution in [0, 0.1) is 12.8 Å². The van der Waals surface area contributed by atoms with Crippen molar-refractivity contribution in [2.24, 2.45) is 5.92 Å². The van der Waals surface area contributed by atoms with E-state index < -0.39 is 24.5 Å². The molecule has 8 heteroatoms. The van der Waals surface area contributed by atoms with Crippen molar-refractivity contribution in [1.82, 2.24) is 4.98 Å². The van der Waals surface area contributed by atoms with Crippen molar-refractivity contribution in [2.45, 2.75) is 27.4 Å². The molecule has 1 N–H and O–H groups in total. The molecule has 0 fully saturated rings. The molecule has 5 rings (SSSR count). The van der Waals surface area contributed by atoms with Gasteiger partial charge in [-0.05, 0) is 78.6 Å². The number of nitrogens with one attached hydrogen (secondary N) is 1. The normalized spacial score (nSPS) is 10.8. The van der Waals surface area contributed by atoms with Crippen molar-refractivity contribution >= 4 is 34.4 Å². The molecule has 4 aromatic carbocycles. The topological polar surface area (TPSA) is 104 Å². The van der Waals surface area contributed by atoms with E-state index in [4.69, 9.17) is 19.2 Å². The Morgan fingerprint density at radius 3 is 2.18 bits per heavy atom. The lowest BCUT2D eigenvalue weighted by molar-refractivity contribution is -0.119. The molecule has 0 aliphatic rings. The van der Waals surface area contributed by atoms with Crippen molar-refractivity contribution in [1.29, 1.82) is 0 Å². The summed E-state index contributed by atoms with van der Waals surface area (Å²) in [7, 11) is 0. The number of para-hydroxylation sites is 1. The molecule has 1 aromatic heterocycles. The molecular weight excluding hydrogens is 568 g/mol. The van der Waals surface area contributed by atoms with E-state index in [0.717, 1.165) is 11.1 Å². The Kier molecular flexibility index (Phi) is 9.84. The highest BCUT2D eigenvalue weighted by atomic mass is 16.5. The van der Waals surface area contributed by atoms with Crippen LogP contribution in [-0.4, -0.2) is 36.0 Å². The van der Waals surface area contributed by atoms with E-state index in [1.54, 1.807) is 24.3 Å². The molecule has 8 nitrogen and oxygen atoms in total. The molecule has 5 aromatic rings. The first-order valence-corrected chi connectivity index (χ1v) is 14.7. The van der Waals surface area contributed by atoms with Gasteiger partial charge in [-0.25, -0.2) is 14.6 Å². The zero-order valence-corrected chi connectivity index (χ0v) is 25.4. The van der Waals surface area contributed by atoms with Gasteiger partial charge in [-0.3, -0.25) is 4.79 Å². The van der Waals surface area contributed by atoms with E-state index in [-0.39, 0.29) is 5.92 Å². The van der Waals surface area contributed by atoms with Crippen LogP contribution in [0.3, 0.4) is 0 Å². The van der Waals surface area contributed by atoms with Crippen molar-refractivity contribution in [3.05, 3.63) is 125 Å². The molecule has 0 saturated carbocycles. The largest absolute Gasteiger partial charge is 0.489 e. The van der Waals surface area contributed by atoms with Gasteiger partial charge in [0.2, 0.25) is 0 Å². The molecule has 0 bridgehead atoms. The number of amides is 1. The molecular formula is C37H34N2O6. The van der Waals surface area contributed by atoms with Gasteiger partial charge in [-0.15, -0.1) is 0 Å². The van der Waals surface area contributed by atoms with Crippen molar-refractivity contribution < 1.29 is 28.6 Å². The number of anilines is 1. The second kappa shape index (κ2) is 14.3. The fraction of sp³-hybridized carbons (Fsp3) is 0.189. The van der Waals surface area contributed by atoms with Gasteiger partial charge in [0, 0.05) is 16.6 Å². The Hall–Kier alpha value is -5.50. The van der Waals surface area contributed by atoms with Gasteiger partial charge < -0.3 is 19.5 Å². The van der Waals surface area contributed by atoms with Gasteiger partial charge >= 0.3 is 11.9 Å². The highest BCUT2D eigenvalue weighted by molar-refractivity contribution is 6.07. The summed E-state index contributed by atoms with van der Waals surface area (Å²) in [4.78, 5) is 43.1. The predicted octanol–water partition coefficient (Wildman–Crippen LogP) is 7.40. The predicted molar refractivity (Wildman–Crippen MR) is 173 cm³/mol. The number of rotatable bonds is 11. The van der Waals surface area contributed by atoms with E-state index in [1.807, 2.05) is 99.6 Å². The SMILES string of the molecule is Cc1c(-c2ccc(OCc3ccccc3)cc2)nc2ccccc2c1C(=O)OCC(=O)Nc1ccc(C(=O)OCC(C)C)cc1. The third kappa shape index (κ3) is 7.92. The van der Waals surface area contributed by atoms with Gasteiger partial charge in [0.25, 0.3) is 5.91 Å². The van der Waals surface area contributed by atoms with E-state index in [2.05, 4.69) is 5.32 Å². The summed E-state index contributed by atoms with van der Waals surface area (Å²) < 4.78 is 16.6. The maximum Gasteiger partial charge on any atom is 0.339 e. The van der Waals surface area contributed by atoms with Crippen LogP contribution in [0.4, 0.5) is 5.69 Å². The maximum atomic E-state index is 13.4. The standard InChI is InChI=1S/C37H34N2O6/c1-24(2)21-44-36(41)28-13-17-29(18-14-28)38-33(40)23-45-37(42)34-25(3)35(39-32-12-8-7-11-31(32)34)27-15-19-30(20-16-27)43-22-26-9-5-4-6-10-26/h4-20,24H,21-23H2,1-3H3,(H,38,40). The summed E-state index contributed by atoms with van der Waals surface area (Å²) in [6, 6.07) is 31.1. The number of nitrogens with zero attached hydrogens (tertiary/aromatic N) is 1. The number of carbonyl (C=O) groups is 3. The van der Waals surface area contributed by atoms with E-state index in [1.165, 1.54) is 0 Å². The average molecular weight is 603 g/mol. The summed E-state index contributed by atoms with van der Waals surface area (Å²) in [5.41, 5.74) is 4.97. The second-order valence-corrected chi connectivity index (χ2v) is 11.0. The molecule has 0 unspecified atom stereocenters. The maximum absolute atomic E-state index is 13.4. The van der Waals surface area contributed by atoms with Crippen molar-refractivity contribution in [3.8, 4) is 17.0 Å². The number of hydrogen-bond acceptors (Lipinski definition) is 7. The minimum atomic E-state index is -0.631. The lowest BCUT2D eigenvalue weighted by Crippen LogP contribution is -2.21. The fourth-order valence-corrected chi connectivity index (χ4v) is 4.72. The summed E-state index contributed by atoms with van der Waals surface area (Å²) >= 11 is 0. The summed E-state index contributed by atoms with van der Waals surface area (Å²) in [6.45, 7) is 6.02. The molecule has 0 spiro atoms. The fourth-order valence-electron chi connectivity index (χ4n) is 4.72. The molecule has 0 radical (unpaired) electrons. The third-order valence-electron chi connectivity index (χ3n) is 7.00. The molecule has 228 valence electrons. The van der Waals surface area contributed by atoms with E-state index in [9.17, 15) is 14.4 Å².